The molecule has 0 aromatic rings. The van der Waals surface area contributed by atoms with E-state index in [1.54, 1.807) is 6.20 Å². The van der Waals surface area contributed by atoms with Crippen LogP contribution in [0.4, 0.5) is 0 Å². The van der Waals surface area contributed by atoms with Crippen LogP contribution in [0.3, 0.4) is 0 Å². The molecule has 0 saturated heterocycles. The number of aliphatic imine (C=N–C) groups is 1. The predicted octanol–water partition coefficient (Wildman–Crippen LogP) is 3.48. The van der Waals surface area contributed by atoms with Crippen molar-refractivity contribution in [2.45, 2.75) is 52.4 Å². The maximum absolute atomic E-state index is 5.40. The molecule has 2 heteroatoms. The highest BCUT2D eigenvalue weighted by Gasteiger charge is 2.14. The molecule has 0 aromatic heterocycles. The van der Waals surface area contributed by atoms with Crippen LogP contribution >= 0.6 is 0 Å². The van der Waals surface area contributed by atoms with Crippen LogP contribution in [0.15, 0.2) is 16.9 Å². The van der Waals surface area contributed by atoms with Gasteiger partial charge in [-0.3, -0.25) is 4.99 Å². The molecule has 14 heavy (non-hydrogen) atoms. The van der Waals surface area contributed by atoms with Crippen LogP contribution in [0.25, 0.3) is 0 Å². The molecule has 0 aliphatic heterocycles. The Morgan fingerprint density at radius 2 is 1.93 bits per heavy atom. The molecule has 2 nitrogen and oxygen atoms in total. The van der Waals surface area contributed by atoms with E-state index in [0.717, 1.165) is 18.0 Å². The fraction of sp³-hybridized carbons (Fsp3) is 0.750. The van der Waals surface area contributed by atoms with Crippen LogP contribution in [0.5, 0.6) is 0 Å². The summed E-state index contributed by atoms with van der Waals surface area (Å²) < 4.78 is 0. The van der Waals surface area contributed by atoms with Gasteiger partial charge in [0, 0.05) is 6.20 Å². The summed E-state index contributed by atoms with van der Waals surface area (Å²) >= 11 is 0. The topological polar surface area (TPSA) is 38.4 Å². The number of allylic oxidation sites excluding steroid dienone is 1. The molecule has 0 aromatic carbocycles. The van der Waals surface area contributed by atoms with E-state index in [1.165, 1.54) is 32.1 Å². The zero-order chi connectivity index (χ0) is 10.8. The van der Waals surface area contributed by atoms with Crippen molar-refractivity contribution < 1.29 is 0 Å². The van der Waals surface area contributed by atoms with Crippen LogP contribution < -0.4 is 5.73 Å². The normalized spacial score (nSPS) is 18.3. The molecule has 0 radical (unpaired) electrons. The van der Waals surface area contributed by atoms with Crippen molar-refractivity contribution in [1.82, 2.24) is 0 Å². The number of hydrogen-bond acceptors (Lipinski definition) is 2. The van der Waals surface area contributed by atoms with Gasteiger partial charge in [-0.25, -0.2) is 0 Å². The van der Waals surface area contributed by atoms with Crippen molar-refractivity contribution in [3.05, 3.63) is 11.9 Å². The van der Waals surface area contributed by atoms with Gasteiger partial charge in [-0.15, -0.1) is 0 Å². The lowest BCUT2D eigenvalue weighted by Crippen LogP contribution is -2.07. The van der Waals surface area contributed by atoms with Crippen molar-refractivity contribution in [3.63, 3.8) is 0 Å². The first kappa shape index (κ1) is 13.2. The number of nitrogens with two attached hydrogens (primary N) is 1. The maximum Gasteiger partial charge on any atom is 0.0553 e. The third kappa shape index (κ3) is 5.05. The standard InChI is InChI=1S/C10H18N2.C2H6/c1-12-10(8-11)7-9-5-3-2-4-6-9;1-2/h8-9H,1-7,11H2;1-2H3/b10-8-;. The van der Waals surface area contributed by atoms with E-state index in [-0.39, 0.29) is 0 Å². The zero-order valence-electron chi connectivity index (χ0n) is 9.63. The highest BCUT2D eigenvalue weighted by atomic mass is 14.7. The van der Waals surface area contributed by atoms with Crippen molar-refractivity contribution in [2.24, 2.45) is 16.6 Å². The van der Waals surface area contributed by atoms with Crippen molar-refractivity contribution >= 4 is 6.72 Å². The van der Waals surface area contributed by atoms with Crippen LogP contribution in [0.1, 0.15) is 52.4 Å². The van der Waals surface area contributed by atoms with E-state index in [1.807, 2.05) is 13.8 Å². The Labute approximate surface area is 88.3 Å². The minimum atomic E-state index is 0.805. The molecule has 82 valence electrons. The maximum atomic E-state index is 5.40. The number of hydrogen-bond donors (Lipinski definition) is 1. The molecule has 0 amide bonds. The summed E-state index contributed by atoms with van der Waals surface area (Å²) in [5, 5.41) is 0. The quantitative estimate of drug-likeness (QED) is 0.689. The molecule has 1 aliphatic rings. The van der Waals surface area contributed by atoms with Crippen LogP contribution in [-0.4, -0.2) is 6.72 Å². The summed E-state index contributed by atoms with van der Waals surface area (Å²) in [4.78, 5) is 3.89. The Bertz CT molecular complexity index is 167. The zero-order valence-corrected chi connectivity index (χ0v) is 9.63. The molecule has 1 fully saturated rings. The Hall–Kier alpha value is -0.790. The lowest BCUT2D eigenvalue weighted by molar-refractivity contribution is 0.355. The monoisotopic (exact) mass is 196 g/mol. The van der Waals surface area contributed by atoms with Gasteiger partial charge in [-0.1, -0.05) is 46.0 Å². The minimum absolute atomic E-state index is 0.805. The molecule has 0 bridgehead atoms. The van der Waals surface area contributed by atoms with Gasteiger partial charge in [0.05, 0.1) is 5.70 Å². The van der Waals surface area contributed by atoms with Gasteiger partial charge in [0.25, 0.3) is 0 Å². The summed E-state index contributed by atoms with van der Waals surface area (Å²) in [6.45, 7) is 7.50. The number of rotatable bonds is 3. The second-order valence-corrected chi connectivity index (χ2v) is 3.52. The first-order valence-corrected chi connectivity index (χ1v) is 5.74. The minimum Gasteiger partial charge on any atom is -0.403 e. The third-order valence-electron chi connectivity index (χ3n) is 2.62. The fourth-order valence-electron chi connectivity index (χ4n) is 1.87. The lowest BCUT2D eigenvalue weighted by Gasteiger charge is -2.21. The average Bonchev–Trinajstić information content (AvgIpc) is 2.30. The highest BCUT2D eigenvalue weighted by Crippen LogP contribution is 2.28. The Balaban J connectivity index is 0.000000791. The summed E-state index contributed by atoms with van der Waals surface area (Å²) in [7, 11) is 0. The smallest absolute Gasteiger partial charge is 0.0553 e. The van der Waals surface area contributed by atoms with Gasteiger partial charge >= 0.3 is 0 Å². The van der Waals surface area contributed by atoms with Gasteiger partial charge in [-0.05, 0) is 19.1 Å². The molecular formula is C12H24N2. The molecule has 0 heterocycles. The highest BCUT2D eigenvalue weighted by molar-refractivity contribution is 5.28. The molecular weight excluding hydrogens is 172 g/mol. The summed E-state index contributed by atoms with van der Waals surface area (Å²) in [6, 6.07) is 0. The SMILES string of the molecule is C=N/C(=C\N)CC1CCCCC1.CC. The first-order chi connectivity index (χ1) is 6.86. The van der Waals surface area contributed by atoms with Gasteiger partial charge in [0.15, 0.2) is 0 Å². The summed E-state index contributed by atoms with van der Waals surface area (Å²) in [6.07, 6.45) is 9.44. The average molecular weight is 196 g/mol. The predicted molar refractivity (Wildman–Crippen MR) is 64.4 cm³/mol. The van der Waals surface area contributed by atoms with E-state index in [9.17, 15) is 0 Å². The second-order valence-electron chi connectivity index (χ2n) is 3.52. The van der Waals surface area contributed by atoms with E-state index in [0.29, 0.717) is 0 Å². The van der Waals surface area contributed by atoms with Crippen molar-refractivity contribution in [3.8, 4) is 0 Å². The lowest BCUT2D eigenvalue weighted by atomic mass is 9.86. The molecule has 2 N–H and O–H groups in total. The third-order valence-corrected chi connectivity index (χ3v) is 2.62. The Kier molecular flexibility index (Phi) is 8.30. The van der Waals surface area contributed by atoms with E-state index in [2.05, 4.69) is 11.7 Å². The fourth-order valence-corrected chi connectivity index (χ4v) is 1.87. The van der Waals surface area contributed by atoms with Crippen molar-refractivity contribution in [2.75, 3.05) is 0 Å². The second kappa shape index (κ2) is 8.79. The van der Waals surface area contributed by atoms with Crippen LogP contribution in [-0.2, 0) is 0 Å². The van der Waals surface area contributed by atoms with Gasteiger partial charge in [-0.2, -0.15) is 0 Å². The van der Waals surface area contributed by atoms with Gasteiger partial charge in [0.1, 0.15) is 0 Å². The molecule has 1 aliphatic carbocycles. The first-order valence-electron chi connectivity index (χ1n) is 5.74. The van der Waals surface area contributed by atoms with E-state index >= 15 is 0 Å². The summed E-state index contributed by atoms with van der Waals surface area (Å²) in [5.74, 6) is 0.805. The van der Waals surface area contributed by atoms with Crippen LogP contribution in [0.2, 0.25) is 0 Å². The molecule has 0 unspecified atom stereocenters. The Morgan fingerprint density at radius 3 is 2.36 bits per heavy atom. The number of nitrogens with zero attached hydrogens (tertiary/aromatic N) is 1. The molecule has 0 atom stereocenters. The van der Waals surface area contributed by atoms with Gasteiger partial charge < -0.3 is 5.73 Å². The van der Waals surface area contributed by atoms with Crippen molar-refractivity contribution in [1.29, 1.82) is 0 Å². The van der Waals surface area contributed by atoms with E-state index in [4.69, 9.17) is 5.73 Å². The molecule has 1 saturated carbocycles. The molecule has 0 spiro atoms. The summed E-state index contributed by atoms with van der Waals surface area (Å²) in [5.41, 5.74) is 6.36. The largest absolute Gasteiger partial charge is 0.403 e. The van der Waals surface area contributed by atoms with E-state index < -0.39 is 0 Å². The molecule has 1 rings (SSSR count). The van der Waals surface area contributed by atoms with Gasteiger partial charge in [0.2, 0.25) is 0 Å². The Morgan fingerprint density at radius 1 is 1.36 bits per heavy atom. The van der Waals surface area contributed by atoms with Crippen LogP contribution in [0, 0.1) is 5.92 Å².